The van der Waals surface area contributed by atoms with Gasteiger partial charge in [-0.05, 0) is 37.0 Å². The van der Waals surface area contributed by atoms with E-state index in [0.717, 1.165) is 24.9 Å². The van der Waals surface area contributed by atoms with Crippen LogP contribution < -0.4 is 22.3 Å². The van der Waals surface area contributed by atoms with Gasteiger partial charge < -0.3 is 11.1 Å². The van der Waals surface area contributed by atoms with Crippen LogP contribution in [0.1, 0.15) is 41.7 Å². The number of aromatic nitrogens is 4. The van der Waals surface area contributed by atoms with Crippen LogP contribution in [0.2, 0.25) is 0 Å². The highest BCUT2D eigenvalue weighted by Crippen LogP contribution is 2.35. The number of aromatic amines is 1. The molecule has 3 aromatic rings. The first kappa shape index (κ1) is 20.4. The molecule has 1 aromatic carbocycles. The quantitative estimate of drug-likeness (QED) is 0.356. The number of aryl methyl sites for hydroxylation is 1. The molecule has 0 atom stereocenters. The summed E-state index contributed by atoms with van der Waals surface area (Å²) in [5, 5.41) is 11.9. The summed E-state index contributed by atoms with van der Waals surface area (Å²) in [6.45, 7) is 2.10. The molecule has 1 fully saturated rings. The molecule has 4 N–H and O–H groups in total. The van der Waals surface area contributed by atoms with Crippen LogP contribution >= 0.6 is 23.1 Å². The first-order chi connectivity index (χ1) is 14.5. The fourth-order valence-electron chi connectivity index (χ4n) is 3.00. The fourth-order valence-corrected chi connectivity index (χ4v) is 4.64. The van der Waals surface area contributed by atoms with Gasteiger partial charge >= 0.3 is 5.69 Å². The van der Waals surface area contributed by atoms with E-state index in [9.17, 15) is 14.4 Å². The SMILES string of the molecule is CCc1ccc(Nc2nnc(SCC(=O)c3c(N)n(C4CC4)c(=O)[nH]c3=O)s2)cc1. The average Bonchev–Trinajstić information content (AvgIpc) is 3.45. The van der Waals surface area contributed by atoms with Crippen molar-refractivity contribution < 1.29 is 4.79 Å². The molecule has 11 heteroatoms. The lowest BCUT2D eigenvalue weighted by atomic mass is 10.1. The summed E-state index contributed by atoms with van der Waals surface area (Å²) in [7, 11) is 0. The Labute approximate surface area is 179 Å². The maximum Gasteiger partial charge on any atom is 0.330 e. The Morgan fingerprint density at radius 2 is 2.03 bits per heavy atom. The van der Waals surface area contributed by atoms with Gasteiger partial charge in [0, 0.05) is 11.7 Å². The number of nitrogens with two attached hydrogens (primary N) is 1. The number of nitrogens with one attached hydrogen (secondary N) is 2. The summed E-state index contributed by atoms with van der Waals surface area (Å²) in [5.74, 6) is -0.546. The van der Waals surface area contributed by atoms with Crippen LogP contribution in [0.4, 0.5) is 16.6 Å². The van der Waals surface area contributed by atoms with Gasteiger partial charge in [-0.15, -0.1) is 10.2 Å². The molecule has 0 radical (unpaired) electrons. The zero-order valence-electron chi connectivity index (χ0n) is 16.2. The second kappa shape index (κ2) is 8.44. The monoisotopic (exact) mass is 444 g/mol. The molecule has 1 saturated carbocycles. The van der Waals surface area contributed by atoms with E-state index in [2.05, 4.69) is 27.4 Å². The van der Waals surface area contributed by atoms with Crippen LogP contribution in [0.3, 0.4) is 0 Å². The molecule has 0 bridgehead atoms. The van der Waals surface area contributed by atoms with Gasteiger partial charge in [-0.1, -0.05) is 42.2 Å². The van der Waals surface area contributed by atoms with Crippen molar-refractivity contribution in [1.82, 2.24) is 19.7 Å². The van der Waals surface area contributed by atoms with Gasteiger partial charge in [0.2, 0.25) is 5.13 Å². The summed E-state index contributed by atoms with van der Waals surface area (Å²) in [6.07, 6.45) is 2.58. The molecular formula is C19H20N6O3S2. The minimum Gasteiger partial charge on any atom is -0.384 e. The van der Waals surface area contributed by atoms with Gasteiger partial charge in [0.05, 0.1) is 5.75 Å². The van der Waals surface area contributed by atoms with E-state index in [0.29, 0.717) is 9.47 Å². The van der Waals surface area contributed by atoms with Gasteiger partial charge in [0.1, 0.15) is 11.4 Å². The van der Waals surface area contributed by atoms with Gasteiger partial charge in [0.25, 0.3) is 5.56 Å². The fraction of sp³-hybridized carbons (Fsp3) is 0.316. The van der Waals surface area contributed by atoms with Crippen LogP contribution in [0.15, 0.2) is 38.2 Å². The molecule has 0 unspecified atom stereocenters. The molecule has 0 aliphatic heterocycles. The maximum absolute atomic E-state index is 12.6. The van der Waals surface area contributed by atoms with Gasteiger partial charge in [0.15, 0.2) is 10.1 Å². The lowest BCUT2D eigenvalue weighted by molar-refractivity contribution is 0.102. The van der Waals surface area contributed by atoms with E-state index in [1.165, 1.54) is 33.2 Å². The van der Waals surface area contributed by atoms with E-state index in [1.807, 2.05) is 24.3 Å². The Bertz CT molecular complexity index is 1190. The number of nitrogen functional groups attached to an aromatic ring is 1. The number of hydrogen-bond donors (Lipinski definition) is 3. The number of ketones is 1. The van der Waals surface area contributed by atoms with Crippen molar-refractivity contribution in [2.24, 2.45) is 0 Å². The molecule has 30 heavy (non-hydrogen) atoms. The number of carbonyl (C=O) groups excluding carboxylic acids is 1. The van der Waals surface area contributed by atoms with Gasteiger partial charge in [-0.2, -0.15) is 0 Å². The predicted molar refractivity (Wildman–Crippen MR) is 118 cm³/mol. The Hall–Kier alpha value is -2.92. The Morgan fingerprint density at radius 3 is 2.70 bits per heavy atom. The Morgan fingerprint density at radius 1 is 1.30 bits per heavy atom. The number of H-pyrrole nitrogens is 1. The van der Waals surface area contributed by atoms with Crippen LogP contribution in [-0.4, -0.2) is 31.3 Å². The largest absolute Gasteiger partial charge is 0.384 e. The molecule has 1 aliphatic rings. The molecule has 0 spiro atoms. The second-order valence-corrected chi connectivity index (χ2v) is 9.08. The van der Waals surface area contributed by atoms with Crippen molar-refractivity contribution in [1.29, 1.82) is 0 Å². The molecule has 0 amide bonds. The van der Waals surface area contributed by atoms with Crippen molar-refractivity contribution in [3.8, 4) is 0 Å². The van der Waals surface area contributed by atoms with E-state index in [4.69, 9.17) is 5.73 Å². The first-order valence-electron chi connectivity index (χ1n) is 9.46. The third kappa shape index (κ3) is 4.31. The molecule has 4 rings (SSSR count). The topological polar surface area (TPSA) is 136 Å². The average molecular weight is 445 g/mol. The summed E-state index contributed by atoms with van der Waals surface area (Å²) >= 11 is 2.48. The van der Waals surface area contributed by atoms with Crippen LogP contribution in [0.25, 0.3) is 0 Å². The van der Waals surface area contributed by atoms with Crippen molar-refractivity contribution >= 4 is 45.5 Å². The summed E-state index contributed by atoms with van der Waals surface area (Å²) in [5.41, 5.74) is 6.63. The molecule has 2 heterocycles. The third-order valence-electron chi connectivity index (χ3n) is 4.72. The molecule has 156 valence electrons. The van der Waals surface area contributed by atoms with Crippen molar-refractivity contribution in [3.63, 3.8) is 0 Å². The van der Waals surface area contributed by atoms with Crippen molar-refractivity contribution in [2.75, 3.05) is 16.8 Å². The van der Waals surface area contributed by atoms with Crippen molar-refractivity contribution in [2.45, 2.75) is 36.6 Å². The highest BCUT2D eigenvalue weighted by atomic mass is 32.2. The number of benzene rings is 1. The summed E-state index contributed by atoms with van der Waals surface area (Å²) in [6, 6.07) is 7.99. The normalized spacial score (nSPS) is 13.4. The van der Waals surface area contributed by atoms with Gasteiger partial charge in [-0.25, -0.2) is 4.79 Å². The molecule has 9 nitrogen and oxygen atoms in total. The molecule has 2 aromatic heterocycles. The standard InChI is InChI=1S/C19H20N6O3S2/c1-2-10-3-5-11(6-4-10)21-17-23-24-19(30-17)29-9-13(26)14-15(20)25(12-7-8-12)18(28)22-16(14)27/h3-6,12H,2,7-9,20H2,1H3,(H,21,23)(H,22,27,28). The zero-order valence-corrected chi connectivity index (χ0v) is 17.8. The summed E-state index contributed by atoms with van der Waals surface area (Å²) < 4.78 is 1.89. The van der Waals surface area contributed by atoms with Gasteiger partial charge in [-0.3, -0.25) is 19.1 Å². The first-order valence-corrected chi connectivity index (χ1v) is 11.3. The number of nitrogens with zero attached hydrogens (tertiary/aromatic N) is 3. The third-order valence-corrected chi connectivity index (χ3v) is 6.69. The number of hydrogen-bond acceptors (Lipinski definition) is 9. The Kier molecular flexibility index (Phi) is 5.73. The van der Waals surface area contributed by atoms with Crippen LogP contribution in [0, 0.1) is 0 Å². The predicted octanol–water partition coefficient (Wildman–Crippen LogP) is 2.59. The highest BCUT2D eigenvalue weighted by molar-refractivity contribution is 8.01. The number of Topliss-reactive ketones (excluding diaryl/α,β-unsaturated/α-hetero) is 1. The van der Waals surface area contributed by atoms with E-state index >= 15 is 0 Å². The van der Waals surface area contributed by atoms with E-state index in [1.54, 1.807) is 0 Å². The van der Waals surface area contributed by atoms with E-state index < -0.39 is 17.0 Å². The lowest BCUT2D eigenvalue weighted by Crippen LogP contribution is -2.36. The Balaban J connectivity index is 1.43. The smallest absolute Gasteiger partial charge is 0.330 e. The van der Waals surface area contributed by atoms with Crippen LogP contribution in [0.5, 0.6) is 0 Å². The van der Waals surface area contributed by atoms with Crippen molar-refractivity contribution in [3.05, 3.63) is 56.2 Å². The lowest BCUT2D eigenvalue weighted by Gasteiger charge is -2.10. The number of anilines is 3. The zero-order chi connectivity index (χ0) is 21.3. The van der Waals surface area contributed by atoms with E-state index in [-0.39, 0.29) is 23.2 Å². The number of rotatable bonds is 8. The maximum atomic E-state index is 12.6. The molecular weight excluding hydrogens is 424 g/mol. The highest BCUT2D eigenvalue weighted by Gasteiger charge is 2.30. The molecule has 0 saturated heterocycles. The minimum atomic E-state index is -0.754. The minimum absolute atomic E-state index is 0.0318. The number of carbonyl (C=O) groups is 1. The summed E-state index contributed by atoms with van der Waals surface area (Å²) in [4.78, 5) is 38.9. The second-order valence-electron chi connectivity index (χ2n) is 6.88. The number of thioether (sulfide) groups is 1. The van der Waals surface area contributed by atoms with Crippen LogP contribution in [-0.2, 0) is 6.42 Å². The molecule has 1 aliphatic carbocycles.